The number of phenolic OH excluding ortho intramolecular Hbond substituents is 1. The van der Waals surface area contributed by atoms with Crippen LogP contribution in [0.4, 0.5) is 0 Å². The van der Waals surface area contributed by atoms with Gasteiger partial charge < -0.3 is 5.11 Å². The quantitative estimate of drug-likeness (QED) is 0.653. The van der Waals surface area contributed by atoms with E-state index >= 15 is 0 Å². The minimum absolute atomic E-state index is 0.321. The van der Waals surface area contributed by atoms with Crippen LogP contribution in [0.5, 0.6) is 5.75 Å². The summed E-state index contributed by atoms with van der Waals surface area (Å²) in [5.41, 5.74) is 0. The average molecular weight is 243 g/mol. The number of hydrogen-bond donors (Lipinski definition) is 1. The van der Waals surface area contributed by atoms with E-state index in [9.17, 15) is 5.11 Å². The van der Waals surface area contributed by atoms with Gasteiger partial charge >= 0.3 is 0 Å². The molecule has 0 saturated heterocycles. The van der Waals surface area contributed by atoms with Gasteiger partial charge in [-0.2, -0.15) is 5.26 Å². The number of hydrogen-bond acceptors (Lipinski definition) is 3. The number of nitrogens with zero attached hydrogens (tertiary/aromatic N) is 1. The van der Waals surface area contributed by atoms with Crippen LogP contribution in [0.15, 0.2) is 41.3 Å². The molecule has 2 nitrogen and oxygen atoms in total. The third-order valence-electron chi connectivity index (χ3n) is 2.55. The third-order valence-corrected chi connectivity index (χ3v) is 3.71. The molecule has 86 valence electrons. The molecule has 0 fully saturated rings. The van der Waals surface area contributed by atoms with Gasteiger partial charge in [0.1, 0.15) is 5.75 Å². The minimum Gasteiger partial charge on any atom is -0.507 e. The molecular formula is C14H13NOS. The molecule has 0 unspecified atom stereocenters. The van der Waals surface area contributed by atoms with E-state index in [0.717, 1.165) is 27.8 Å². The monoisotopic (exact) mass is 243 g/mol. The third kappa shape index (κ3) is 2.72. The van der Waals surface area contributed by atoms with Crippen LogP contribution in [0, 0.1) is 11.3 Å². The Kier molecular flexibility index (Phi) is 3.89. The first-order valence-electron chi connectivity index (χ1n) is 5.53. The van der Waals surface area contributed by atoms with Gasteiger partial charge in [-0.25, -0.2) is 0 Å². The van der Waals surface area contributed by atoms with Gasteiger partial charge in [-0.05, 0) is 29.7 Å². The number of phenols is 1. The van der Waals surface area contributed by atoms with E-state index in [0.29, 0.717) is 12.2 Å². The number of fused-ring (bicyclic) bond motifs is 1. The van der Waals surface area contributed by atoms with Crippen LogP contribution in [0.2, 0.25) is 0 Å². The first kappa shape index (κ1) is 11.8. The molecule has 0 amide bonds. The van der Waals surface area contributed by atoms with Crippen LogP contribution < -0.4 is 0 Å². The van der Waals surface area contributed by atoms with Crippen molar-refractivity contribution in [2.45, 2.75) is 17.7 Å². The maximum Gasteiger partial charge on any atom is 0.123 e. The number of aromatic hydroxyl groups is 1. The van der Waals surface area contributed by atoms with E-state index < -0.39 is 0 Å². The molecule has 3 heteroatoms. The highest BCUT2D eigenvalue weighted by atomic mass is 32.2. The normalized spacial score (nSPS) is 10.3. The van der Waals surface area contributed by atoms with Crippen LogP contribution >= 0.6 is 11.8 Å². The van der Waals surface area contributed by atoms with E-state index in [1.807, 2.05) is 30.3 Å². The van der Waals surface area contributed by atoms with Crippen molar-refractivity contribution in [2.75, 3.05) is 5.75 Å². The van der Waals surface area contributed by atoms with Crippen molar-refractivity contribution >= 4 is 22.5 Å². The first-order chi connectivity index (χ1) is 8.33. The molecule has 0 atom stereocenters. The maximum absolute atomic E-state index is 9.75. The Morgan fingerprint density at radius 3 is 2.65 bits per heavy atom. The van der Waals surface area contributed by atoms with Crippen LogP contribution in [-0.4, -0.2) is 10.9 Å². The lowest BCUT2D eigenvalue weighted by Crippen LogP contribution is -1.82. The number of nitriles is 1. The fourth-order valence-corrected chi connectivity index (χ4v) is 2.72. The zero-order chi connectivity index (χ0) is 12.1. The van der Waals surface area contributed by atoms with Crippen molar-refractivity contribution in [1.82, 2.24) is 0 Å². The predicted octanol–water partition coefficient (Wildman–Crippen LogP) is 3.94. The molecule has 17 heavy (non-hydrogen) atoms. The molecule has 1 N–H and O–H groups in total. The molecule has 0 aliphatic carbocycles. The summed E-state index contributed by atoms with van der Waals surface area (Å²) in [5, 5.41) is 20.2. The largest absolute Gasteiger partial charge is 0.507 e. The Hall–Kier alpha value is -1.66. The summed E-state index contributed by atoms with van der Waals surface area (Å²) in [4.78, 5) is 1.16. The van der Waals surface area contributed by atoms with Gasteiger partial charge in [0, 0.05) is 16.7 Å². The van der Waals surface area contributed by atoms with Crippen molar-refractivity contribution in [3.63, 3.8) is 0 Å². The second kappa shape index (κ2) is 5.60. The SMILES string of the molecule is N#CCCCSc1ccc(O)c2ccccc12. The van der Waals surface area contributed by atoms with Crippen molar-refractivity contribution in [3.05, 3.63) is 36.4 Å². The standard InChI is InChI=1S/C14H13NOS/c15-9-3-4-10-17-14-8-7-13(16)11-5-1-2-6-12(11)14/h1-2,5-8,16H,3-4,10H2. The van der Waals surface area contributed by atoms with Gasteiger partial charge in [-0.1, -0.05) is 24.3 Å². The summed E-state index contributed by atoms with van der Waals surface area (Å²) in [6.45, 7) is 0. The Balaban J connectivity index is 2.23. The second-order valence-corrected chi connectivity index (χ2v) is 4.88. The lowest BCUT2D eigenvalue weighted by molar-refractivity contribution is 0.481. The molecule has 0 bridgehead atoms. The molecule has 2 rings (SSSR count). The number of benzene rings is 2. The molecule has 0 aliphatic rings. The summed E-state index contributed by atoms with van der Waals surface area (Å²) in [6, 6.07) is 13.6. The highest BCUT2D eigenvalue weighted by molar-refractivity contribution is 7.99. The minimum atomic E-state index is 0.321. The van der Waals surface area contributed by atoms with Gasteiger partial charge in [0.05, 0.1) is 6.07 Å². The molecule has 0 radical (unpaired) electrons. The average Bonchev–Trinajstić information content (AvgIpc) is 2.37. The second-order valence-electron chi connectivity index (χ2n) is 3.74. The van der Waals surface area contributed by atoms with E-state index in [4.69, 9.17) is 5.26 Å². The smallest absolute Gasteiger partial charge is 0.123 e. The van der Waals surface area contributed by atoms with Crippen LogP contribution in [-0.2, 0) is 0 Å². The van der Waals surface area contributed by atoms with E-state index in [-0.39, 0.29) is 0 Å². The van der Waals surface area contributed by atoms with E-state index in [2.05, 4.69) is 6.07 Å². The Bertz CT molecular complexity index is 560. The zero-order valence-corrected chi connectivity index (χ0v) is 10.2. The fraction of sp³-hybridized carbons (Fsp3) is 0.214. The number of unbranched alkanes of at least 4 members (excludes halogenated alkanes) is 1. The zero-order valence-electron chi connectivity index (χ0n) is 9.39. The van der Waals surface area contributed by atoms with E-state index in [1.54, 1.807) is 17.8 Å². The molecular weight excluding hydrogens is 230 g/mol. The van der Waals surface area contributed by atoms with Gasteiger partial charge in [-0.3, -0.25) is 0 Å². The topological polar surface area (TPSA) is 44.0 Å². The number of thioether (sulfide) groups is 1. The highest BCUT2D eigenvalue weighted by Crippen LogP contribution is 2.33. The van der Waals surface area contributed by atoms with Gasteiger partial charge in [-0.15, -0.1) is 11.8 Å². The van der Waals surface area contributed by atoms with Gasteiger partial charge in [0.15, 0.2) is 0 Å². The Morgan fingerprint density at radius 2 is 1.88 bits per heavy atom. The highest BCUT2D eigenvalue weighted by Gasteiger charge is 2.04. The molecule has 2 aromatic carbocycles. The van der Waals surface area contributed by atoms with Crippen molar-refractivity contribution in [2.24, 2.45) is 0 Å². The summed E-state index contributed by atoms with van der Waals surface area (Å²) in [7, 11) is 0. The molecule has 0 spiro atoms. The predicted molar refractivity (Wildman–Crippen MR) is 71.2 cm³/mol. The Labute approximate surface area is 105 Å². The Morgan fingerprint density at radius 1 is 1.12 bits per heavy atom. The van der Waals surface area contributed by atoms with Crippen LogP contribution in [0.3, 0.4) is 0 Å². The number of rotatable bonds is 4. The lowest BCUT2D eigenvalue weighted by Gasteiger charge is -2.07. The molecule has 2 aromatic rings. The summed E-state index contributed by atoms with van der Waals surface area (Å²) in [5.74, 6) is 1.25. The van der Waals surface area contributed by atoms with Crippen molar-refractivity contribution in [1.29, 1.82) is 5.26 Å². The molecule has 0 aliphatic heterocycles. The van der Waals surface area contributed by atoms with Gasteiger partial charge in [0.2, 0.25) is 0 Å². The summed E-state index contributed by atoms with van der Waals surface area (Å²) in [6.07, 6.45) is 1.50. The summed E-state index contributed by atoms with van der Waals surface area (Å²) >= 11 is 1.74. The van der Waals surface area contributed by atoms with Crippen molar-refractivity contribution < 1.29 is 5.11 Å². The maximum atomic E-state index is 9.75. The van der Waals surface area contributed by atoms with Gasteiger partial charge in [0.25, 0.3) is 0 Å². The first-order valence-corrected chi connectivity index (χ1v) is 6.52. The van der Waals surface area contributed by atoms with Crippen LogP contribution in [0.25, 0.3) is 10.8 Å². The van der Waals surface area contributed by atoms with E-state index in [1.165, 1.54) is 0 Å². The summed E-state index contributed by atoms with van der Waals surface area (Å²) < 4.78 is 0. The van der Waals surface area contributed by atoms with Crippen LogP contribution in [0.1, 0.15) is 12.8 Å². The molecule has 0 heterocycles. The fourth-order valence-electron chi connectivity index (χ4n) is 1.71. The molecule has 0 saturated carbocycles. The lowest BCUT2D eigenvalue weighted by atomic mass is 10.1. The molecule has 0 aromatic heterocycles. The van der Waals surface area contributed by atoms with Crippen molar-refractivity contribution in [3.8, 4) is 11.8 Å².